The summed E-state index contributed by atoms with van der Waals surface area (Å²) in [6.45, 7) is 8.96. The topological polar surface area (TPSA) is 158 Å². The van der Waals surface area contributed by atoms with Crippen LogP contribution in [-0.4, -0.2) is 112 Å². The third-order valence-corrected chi connectivity index (χ3v) is 10.1. The Morgan fingerprint density at radius 2 is 1.54 bits per heavy atom. The molecule has 0 aliphatic carbocycles. The first kappa shape index (κ1) is 41.0. The Balaban J connectivity index is 0.000000150. The van der Waals surface area contributed by atoms with Gasteiger partial charge in [0.1, 0.15) is 33.7 Å². The molecule has 2 aliphatic heterocycles. The van der Waals surface area contributed by atoms with Gasteiger partial charge in [-0.1, -0.05) is 47.5 Å². The molecule has 5 aromatic heterocycles. The largest absolute Gasteiger partial charge is 0.355 e. The molecule has 9 rings (SSSR count). The molecule has 2 aliphatic rings. The normalized spacial score (nSPS) is 14.9. The minimum atomic E-state index is 0.141. The molecule has 7 heterocycles. The molecule has 2 fully saturated rings. The van der Waals surface area contributed by atoms with Crippen LogP contribution in [0.5, 0.6) is 0 Å². The second-order valence-corrected chi connectivity index (χ2v) is 14.5. The SMILES string of the molecule is CN1CCCN(c2ccc3cc(C#N)c4nc5ccccc5n4c3n2)CC1.CN1CCCNCC1.N#CCc1nc2ccccc2[nH]1.O=Cc1ccc(Cl)nc1Cl. The van der Waals surface area contributed by atoms with E-state index in [9.17, 15) is 10.1 Å². The Hall–Kier alpha value is -5.67. The average molecular weight is 804 g/mol. The van der Waals surface area contributed by atoms with Crippen LogP contribution in [0.3, 0.4) is 0 Å². The fourth-order valence-corrected chi connectivity index (χ4v) is 6.96. The van der Waals surface area contributed by atoms with Crippen molar-refractivity contribution in [3.8, 4) is 12.1 Å². The van der Waals surface area contributed by atoms with Gasteiger partial charge in [0, 0.05) is 38.1 Å². The lowest BCUT2D eigenvalue weighted by molar-refractivity contribution is 0.112. The van der Waals surface area contributed by atoms with E-state index in [1.807, 2.05) is 59.0 Å². The van der Waals surface area contributed by atoms with Gasteiger partial charge in [0.15, 0.2) is 11.9 Å². The number of nitriles is 2. The zero-order valence-electron chi connectivity index (χ0n) is 32.0. The maximum atomic E-state index is 10.2. The summed E-state index contributed by atoms with van der Waals surface area (Å²) in [4.78, 5) is 37.9. The zero-order chi connectivity index (χ0) is 40.1. The number of likely N-dealkylation sites (N-methyl/N-ethyl adjacent to an activating group) is 2. The van der Waals surface area contributed by atoms with Crippen LogP contribution in [0.2, 0.25) is 10.3 Å². The smallest absolute Gasteiger partial charge is 0.157 e. The number of anilines is 1. The van der Waals surface area contributed by atoms with Crippen molar-refractivity contribution in [2.45, 2.75) is 19.3 Å². The number of para-hydroxylation sites is 4. The van der Waals surface area contributed by atoms with Crippen LogP contribution in [0.15, 0.2) is 78.9 Å². The lowest BCUT2D eigenvalue weighted by Gasteiger charge is -2.22. The number of H-pyrrole nitrogens is 1. The molecule has 0 radical (unpaired) electrons. The van der Waals surface area contributed by atoms with E-state index in [0.717, 1.165) is 83.9 Å². The maximum absolute atomic E-state index is 10.2. The summed E-state index contributed by atoms with van der Waals surface area (Å²) in [6.07, 6.45) is 3.41. The number of hydrogen-bond donors (Lipinski definition) is 2. The summed E-state index contributed by atoms with van der Waals surface area (Å²) >= 11 is 11.0. The van der Waals surface area contributed by atoms with Crippen molar-refractivity contribution in [1.82, 2.24) is 44.4 Å². The fraction of sp³-hybridized carbons (Fsp3) is 0.310. The number of hydrogen-bond acceptors (Lipinski definition) is 11. The number of carbonyl (C=O) groups is 1. The molecule has 0 spiro atoms. The highest BCUT2D eigenvalue weighted by Gasteiger charge is 2.17. The third-order valence-electron chi connectivity index (χ3n) is 9.59. The van der Waals surface area contributed by atoms with E-state index in [0.29, 0.717) is 29.5 Å². The Morgan fingerprint density at radius 1 is 0.772 bits per heavy atom. The monoisotopic (exact) mass is 802 g/mol. The van der Waals surface area contributed by atoms with Gasteiger partial charge in [0.25, 0.3) is 0 Å². The summed E-state index contributed by atoms with van der Waals surface area (Å²) < 4.78 is 2.02. The standard InChI is InChI=1S/C21H20N6.C9H7N3.C6H3Cl2NO.C6H14N2/c1-25-9-4-10-26(12-11-25)19-8-7-15-13-16(14-22)21-23-17-5-2-3-6-18(17)27(21)20(15)24-19;10-6-5-9-11-7-3-1-2-4-8(7)12-9;7-5-2-1-4(3-10)6(8)9-5;1-8-5-2-3-7-4-6-8/h2-3,5-8,13H,4,9-12H2,1H3;1-4H,5H2,(H,11,12);1-3H;7H,2-6H2,1H3. The number of pyridine rings is 3. The average Bonchev–Trinajstić information content (AvgIpc) is 3.64. The minimum absolute atomic E-state index is 0.141. The lowest BCUT2D eigenvalue weighted by atomic mass is 10.2. The van der Waals surface area contributed by atoms with Crippen molar-refractivity contribution in [2.24, 2.45) is 0 Å². The van der Waals surface area contributed by atoms with Crippen LogP contribution in [0.25, 0.3) is 38.7 Å². The van der Waals surface area contributed by atoms with Crippen molar-refractivity contribution < 1.29 is 4.79 Å². The molecule has 292 valence electrons. The highest BCUT2D eigenvalue weighted by atomic mass is 35.5. The molecule has 7 aromatic rings. The van der Waals surface area contributed by atoms with Crippen LogP contribution < -0.4 is 10.2 Å². The molecule has 2 N–H and O–H groups in total. The first-order valence-electron chi connectivity index (χ1n) is 18.8. The molecular weight excluding hydrogens is 759 g/mol. The van der Waals surface area contributed by atoms with E-state index in [1.165, 1.54) is 38.2 Å². The molecule has 15 heteroatoms. The van der Waals surface area contributed by atoms with E-state index < -0.39 is 0 Å². The van der Waals surface area contributed by atoms with Gasteiger partial charge in [-0.05, 0) is 101 Å². The fourth-order valence-electron chi connectivity index (χ4n) is 6.57. The van der Waals surface area contributed by atoms with E-state index in [1.54, 1.807) is 0 Å². The van der Waals surface area contributed by atoms with Gasteiger partial charge in [0.2, 0.25) is 0 Å². The molecule has 0 amide bonds. The van der Waals surface area contributed by atoms with Gasteiger partial charge in [-0.3, -0.25) is 9.20 Å². The van der Waals surface area contributed by atoms with Gasteiger partial charge >= 0.3 is 0 Å². The predicted octanol–water partition coefficient (Wildman–Crippen LogP) is 6.79. The maximum Gasteiger partial charge on any atom is 0.157 e. The van der Waals surface area contributed by atoms with Gasteiger partial charge in [0.05, 0.1) is 45.7 Å². The van der Waals surface area contributed by atoms with Crippen LogP contribution in [0, 0.1) is 22.7 Å². The summed E-state index contributed by atoms with van der Waals surface area (Å²) in [5, 5.41) is 22.8. The van der Waals surface area contributed by atoms with Crippen LogP contribution in [0.1, 0.15) is 34.6 Å². The van der Waals surface area contributed by atoms with Crippen molar-refractivity contribution in [2.75, 3.05) is 71.4 Å². The predicted molar refractivity (Wildman–Crippen MR) is 227 cm³/mol. The summed E-state index contributed by atoms with van der Waals surface area (Å²) in [5.74, 6) is 1.72. The zero-order valence-corrected chi connectivity index (χ0v) is 33.5. The van der Waals surface area contributed by atoms with E-state index in [2.05, 4.69) is 78.3 Å². The van der Waals surface area contributed by atoms with Crippen LogP contribution in [0.4, 0.5) is 5.82 Å². The number of nitrogens with zero attached hydrogens (tertiary/aromatic N) is 10. The molecule has 0 unspecified atom stereocenters. The van der Waals surface area contributed by atoms with Gasteiger partial charge < -0.3 is 25.0 Å². The molecule has 0 saturated carbocycles. The summed E-state index contributed by atoms with van der Waals surface area (Å²) in [5.41, 5.74) is 6.22. The first-order valence-corrected chi connectivity index (χ1v) is 19.5. The highest BCUT2D eigenvalue weighted by molar-refractivity contribution is 6.33. The second-order valence-electron chi connectivity index (χ2n) is 13.7. The number of aromatic nitrogens is 6. The Morgan fingerprint density at radius 3 is 2.32 bits per heavy atom. The molecule has 57 heavy (non-hydrogen) atoms. The molecule has 0 atom stereocenters. The number of benzene rings is 2. The summed E-state index contributed by atoms with van der Waals surface area (Å²) in [6, 6.07) is 29.1. The minimum Gasteiger partial charge on any atom is -0.355 e. The number of halogens is 2. The van der Waals surface area contributed by atoms with Gasteiger partial charge in [-0.25, -0.2) is 19.9 Å². The van der Waals surface area contributed by atoms with E-state index >= 15 is 0 Å². The van der Waals surface area contributed by atoms with Crippen molar-refractivity contribution >= 4 is 74.1 Å². The Labute approximate surface area is 341 Å². The quantitative estimate of drug-likeness (QED) is 0.143. The van der Waals surface area contributed by atoms with Crippen molar-refractivity contribution in [3.05, 3.63) is 106 Å². The molecule has 2 saturated heterocycles. The Kier molecular flexibility index (Phi) is 14.4. The number of aldehydes is 1. The van der Waals surface area contributed by atoms with Crippen molar-refractivity contribution in [1.29, 1.82) is 10.5 Å². The van der Waals surface area contributed by atoms with E-state index in [4.69, 9.17) is 33.4 Å². The molecule has 13 nitrogen and oxygen atoms in total. The van der Waals surface area contributed by atoms with Crippen LogP contribution >= 0.6 is 23.2 Å². The first-order chi connectivity index (χ1) is 27.8. The van der Waals surface area contributed by atoms with Gasteiger partial charge in [-0.2, -0.15) is 10.5 Å². The number of nitrogens with one attached hydrogen (secondary N) is 2. The highest BCUT2D eigenvalue weighted by Crippen LogP contribution is 2.27. The molecule has 0 bridgehead atoms. The van der Waals surface area contributed by atoms with Crippen molar-refractivity contribution in [3.63, 3.8) is 0 Å². The van der Waals surface area contributed by atoms with E-state index in [-0.39, 0.29) is 10.3 Å². The van der Waals surface area contributed by atoms with Gasteiger partial charge in [-0.15, -0.1) is 0 Å². The molecular formula is C42H44Cl2N12O. The number of aromatic amines is 1. The lowest BCUT2D eigenvalue weighted by Crippen LogP contribution is -2.29. The second kappa shape index (κ2) is 20.0. The number of fused-ring (bicyclic) bond motifs is 6. The molecule has 2 aromatic carbocycles. The van der Waals surface area contributed by atoms with Crippen LogP contribution in [-0.2, 0) is 6.42 Å². The Bertz CT molecular complexity index is 2500. The third kappa shape index (κ3) is 10.6. The number of imidazole rings is 2. The summed E-state index contributed by atoms with van der Waals surface area (Å²) in [7, 11) is 4.34. The number of carbonyl (C=O) groups excluding carboxylic acids is 1. The number of rotatable bonds is 3.